The Balaban J connectivity index is 2.12. The molecule has 3 nitrogen and oxygen atoms in total. The van der Waals surface area contributed by atoms with Gasteiger partial charge in [0.05, 0.1) is 5.69 Å². The lowest BCUT2D eigenvalue weighted by Crippen LogP contribution is -2.35. The lowest BCUT2D eigenvalue weighted by atomic mass is 10.1. The maximum atomic E-state index is 12.2. The Hall–Kier alpha value is -2.29. The van der Waals surface area contributed by atoms with E-state index in [2.05, 4.69) is 0 Å². The molecule has 0 radical (unpaired) electrons. The van der Waals surface area contributed by atoms with Crippen molar-refractivity contribution in [3.05, 3.63) is 53.6 Å². The van der Waals surface area contributed by atoms with Crippen LogP contribution in [0, 0.1) is 13.8 Å². The molecule has 2 aromatic carbocycles. The fourth-order valence-corrected chi connectivity index (χ4v) is 2.24. The summed E-state index contributed by atoms with van der Waals surface area (Å²) in [5, 5.41) is 0. The molecule has 0 saturated carbocycles. The van der Waals surface area contributed by atoms with Crippen molar-refractivity contribution in [3.8, 4) is 5.75 Å². The van der Waals surface area contributed by atoms with Crippen molar-refractivity contribution in [2.75, 3.05) is 11.5 Å². The van der Waals surface area contributed by atoms with Crippen LogP contribution in [0.4, 0.5) is 11.4 Å². The standard InChI is InChI=1S/C16H15NO2/c1-11-3-6-13(7-4-11)17-14-9-12(2)5-8-15(14)19-10-16(17)18/h3-9H,10H2,1-2H3. The first-order chi connectivity index (χ1) is 9.15. The maximum Gasteiger partial charge on any atom is 0.269 e. The first-order valence-corrected chi connectivity index (χ1v) is 6.28. The predicted octanol–water partition coefficient (Wildman–Crippen LogP) is 3.36. The molecular weight excluding hydrogens is 238 g/mol. The highest BCUT2D eigenvalue weighted by atomic mass is 16.5. The number of nitrogens with zero attached hydrogens (tertiary/aromatic N) is 1. The molecule has 3 rings (SSSR count). The molecule has 0 fully saturated rings. The number of carbonyl (C=O) groups excluding carboxylic acids is 1. The van der Waals surface area contributed by atoms with Gasteiger partial charge in [-0.05, 0) is 43.7 Å². The van der Waals surface area contributed by atoms with Crippen LogP contribution in [0.5, 0.6) is 5.75 Å². The van der Waals surface area contributed by atoms with E-state index < -0.39 is 0 Å². The minimum absolute atomic E-state index is 0.0399. The highest BCUT2D eigenvalue weighted by molar-refractivity contribution is 6.04. The predicted molar refractivity (Wildman–Crippen MR) is 75.0 cm³/mol. The average Bonchev–Trinajstić information content (AvgIpc) is 2.40. The largest absolute Gasteiger partial charge is 0.482 e. The summed E-state index contributed by atoms with van der Waals surface area (Å²) in [5.74, 6) is 0.715. The van der Waals surface area contributed by atoms with Crippen LogP contribution < -0.4 is 9.64 Å². The molecule has 0 aromatic heterocycles. The Kier molecular flexibility index (Phi) is 2.75. The molecule has 1 aliphatic rings. The van der Waals surface area contributed by atoms with E-state index in [1.807, 2.05) is 56.3 Å². The van der Waals surface area contributed by atoms with Crippen LogP contribution in [0.3, 0.4) is 0 Å². The van der Waals surface area contributed by atoms with Crippen molar-refractivity contribution >= 4 is 17.3 Å². The van der Waals surface area contributed by atoms with E-state index >= 15 is 0 Å². The SMILES string of the molecule is Cc1ccc(N2C(=O)COc3ccc(C)cc32)cc1. The van der Waals surface area contributed by atoms with Crippen molar-refractivity contribution in [1.29, 1.82) is 0 Å². The monoisotopic (exact) mass is 253 g/mol. The molecular formula is C16H15NO2. The van der Waals surface area contributed by atoms with Gasteiger partial charge >= 0.3 is 0 Å². The van der Waals surface area contributed by atoms with Gasteiger partial charge in [0.2, 0.25) is 0 Å². The number of ether oxygens (including phenoxy) is 1. The molecule has 1 heterocycles. The van der Waals surface area contributed by atoms with Gasteiger partial charge in [0, 0.05) is 5.69 Å². The summed E-state index contributed by atoms with van der Waals surface area (Å²) in [6.07, 6.45) is 0. The molecule has 96 valence electrons. The van der Waals surface area contributed by atoms with E-state index in [0.29, 0.717) is 0 Å². The van der Waals surface area contributed by atoms with Crippen LogP contribution >= 0.6 is 0 Å². The van der Waals surface area contributed by atoms with Crippen LogP contribution in [-0.4, -0.2) is 12.5 Å². The Labute approximate surface area is 112 Å². The van der Waals surface area contributed by atoms with Gasteiger partial charge in [-0.15, -0.1) is 0 Å². The number of amides is 1. The van der Waals surface area contributed by atoms with Crippen molar-refractivity contribution in [1.82, 2.24) is 0 Å². The fourth-order valence-electron chi connectivity index (χ4n) is 2.24. The third kappa shape index (κ3) is 2.08. The quantitative estimate of drug-likeness (QED) is 0.780. The van der Waals surface area contributed by atoms with E-state index in [1.54, 1.807) is 4.90 Å². The van der Waals surface area contributed by atoms with Crippen molar-refractivity contribution in [2.24, 2.45) is 0 Å². The molecule has 19 heavy (non-hydrogen) atoms. The number of rotatable bonds is 1. The number of carbonyl (C=O) groups is 1. The van der Waals surface area contributed by atoms with Crippen molar-refractivity contribution in [3.63, 3.8) is 0 Å². The summed E-state index contributed by atoms with van der Waals surface area (Å²) >= 11 is 0. The van der Waals surface area contributed by atoms with Crippen LogP contribution in [0.2, 0.25) is 0 Å². The smallest absolute Gasteiger partial charge is 0.269 e. The van der Waals surface area contributed by atoms with Crippen molar-refractivity contribution in [2.45, 2.75) is 13.8 Å². The molecule has 2 aromatic rings. The number of aryl methyl sites for hydroxylation is 2. The van der Waals surface area contributed by atoms with Crippen molar-refractivity contribution < 1.29 is 9.53 Å². The number of hydrogen-bond donors (Lipinski definition) is 0. The van der Waals surface area contributed by atoms with E-state index in [9.17, 15) is 4.79 Å². The molecule has 0 saturated heterocycles. The lowest BCUT2D eigenvalue weighted by molar-refractivity contribution is -0.120. The summed E-state index contributed by atoms with van der Waals surface area (Å²) in [5.41, 5.74) is 3.98. The molecule has 0 bridgehead atoms. The molecule has 0 aliphatic carbocycles. The Morgan fingerprint density at radius 3 is 2.42 bits per heavy atom. The molecule has 0 atom stereocenters. The summed E-state index contributed by atoms with van der Waals surface area (Å²) < 4.78 is 5.47. The van der Waals surface area contributed by atoms with Gasteiger partial charge in [-0.1, -0.05) is 23.8 Å². The van der Waals surface area contributed by atoms with Gasteiger partial charge in [-0.2, -0.15) is 0 Å². The normalized spacial score (nSPS) is 14.0. The average molecular weight is 253 g/mol. The van der Waals surface area contributed by atoms with Gasteiger partial charge in [0.25, 0.3) is 5.91 Å². The Morgan fingerprint density at radius 2 is 1.68 bits per heavy atom. The van der Waals surface area contributed by atoms with Crippen LogP contribution in [-0.2, 0) is 4.79 Å². The fraction of sp³-hybridized carbons (Fsp3) is 0.188. The zero-order chi connectivity index (χ0) is 13.4. The van der Waals surface area contributed by atoms with Crippen LogP contribution in [0.1, 0.15) is 11.1 Å². The van der Waals surface area contributed by atoms with Crippen LogP contribution in [0.15, 0.2) is 42.5 Å². The molecule has 0 spiro atoms. The second-order valence-electron chi connectivity index (χ2n) is 4.82. The number of fused-ring (bicyclic) bond motifs is 1. The highest BCUT2D eigenvalue weighted by Gasteiger charge is 2.26. The zero-order valence-corrected chi connectivity index (χ0v) is 11.0. The summed E-state index contributed by atoms with van der Waals surface area (Å²) in [4.78, 5) is 13.9. The first kappa shape index (κ1) is 11.8. The van der Waals surface area contributed by atoms with E-state index in [1.165, 1.54) is 5.56 Å². The van der Waals surface area contributed by atoms with E-state index in [4.69, 9.17) is 4.74 Å². The summed E-state index contributed by atoms with van der Waals surface area (Å²) in [6, 6.07) is 13.8. The second kappa shape index (κ2) is 4.43. The van der Waals surface area contributed by atoms with Gasteiger partial charge in [-0.25, -0.2) is 0 Å². The van der Waals surface area contributed by atoms with Gasteiger partial charge in [0.15, 0.2) is 6.61 Å². The summed E-state index contributed by atoms with van der Waals surface area (Å²) in [6.45, 7) is 4.12. The Morgan fingerprint density at radius 1 is 1.00 bits per heavy atom. The first-order valence-electron chi connectivity index (χ1n) is 6.28. The minimum Gasteiger partial charge on any atom is -0.482 e. The van der Waals surface area contributed by atoms with Gasteiger partial charge in [0.1, 0.15) is 5.75 Å². The van der Waals surface area contributed by atoms with Gasteiger partial charge < -0.3 is 4.74 Å². The molecule has 3 heteroatoms. The molecule has 1 aliphatic heterocycles. The Bertz CT molecular complexity index is 632. The maximum absolute atomic E-state index is 12.2. The lowest BCUT2D eigenvalue weighted by Gasteiger charge is -2.29. The molecule has 1 amide bonds. The third-order valence-corrected chi connectivity index (χ3v) is 3.25. The number of benzene rings is 2. The molecule has 0 unspecified atom stereocenters. The third-order valence-electron chi connectivity index (χ3n) is 3.25. The number of hydrogen-bond acceptors (Lipinski definition) is 2. The zero-order valence-electron chi connectivity index (χ0n) is 11.0. The van der Waals surface area contributed by atoms with E-state index in [0.717, 1.165) is 22.7 Å². The highest BCUT2D eigenvalue weighted by Crippen LogP contribution is 2.37. The van der Waals surface area contributed by atoms with Crippen LogP contribution in [0.25, 0.3) is 0 Å². The van der Waals surface area contributed by atoms with Gasteiger partial charge in [-0.3, -0.25) is 9.69 Å². The topological polar surface area (TPSA) is 29.5 Å². The number of anilines is 2. The second-order valence-corrected chi connectivity index (χ2v) is 4.82. The summed E-state index contributed by atoms with van der Waals surface area (Å²) in [7, 11) is 0. The van der Waals surface area contributed by atoms with E-state index in [-0.39, 0.29) is 12.5 Å². The molecule has 0 N–H and O–H groups in total. The minimum atomic E-state index is -0.0399.